The molecule has 5 rings (SSSR count). The summed E-state index contributed by atoms with van der Waals surface area (Å²) < 4.78 is 9.98. The van der Waals surface area contributed by atoms with Crippen LogP contribution >= 0.6 is 23.1 Å². The second-order valence-corrected chi connectivity index (χ2v) is 11.3. The minimum Gasteiger partial charge on any atom is -0.372 e. The van der Waals surface area contributed by atoms with Crippen molar-refractivity contribution in [1.29, 1.82) is 0 Å². The Morgan fingerprint density at radius 3 is 2.88 bits per heavy atom. The van der Waals surface area contributed by atoms with Crippen molar-refractivity contribution in [1.82, 2.24) is 19.2 Å². The van der Waals surface area contributed by atoms with E-state index in [9.17, 15) is 4.79 Å². The molecule has 1 aliphatic rings. The average Bonchev–Trinajstić information content (AvgIpc) is 3.38. The number of aromatic nitrogens is 4. The van der Waals surface area contributed by atoms with Crippen LogP contribution in [0.4, 0.5) is 0 Å². The number of aryl methyl sites for hydroxylation is 1. The Morgan fingerprint density at radius 2 is 2.12 bits per heavy atom. The fourth-order valence-corrected chi connectivity index (χ4v) is 6.71. The number of hydrogen-bond acceptors (Lipinski definition) is 6. The Bertz CT molecular complexity index is 1370. The van der Waals surface area contributed by atoms with E-state index >= 15 is 0 Å². The minimum absolute atomic E-state index is 0.0139. The quantitative estimate of drug-likeness (QED) is 0.247. The van der Waals surface area contributed by atoms with Gasteiger partial charge in [0.1, 0.15) is 4.83 Å². The highest BCUT2D eigenvalue weighted by molar-refractivity contribution is 7.99. The minimum atomic E-state index is -0.0139. The Hall–Kier alpha value is -2.16. The SMILES string of the molecule is CCCCCSc1nnc2n(-c3cccc(C)c3)c(=O)c3c4c(sc3n12)CO[C@@H](C(C)C)C4. The van der Waals surface area contributed by atoms with Crippen molar-refractivity contribution in [3.8, 4) is 5.69 Å². The number of unbranched alkanes of at least 4 members (excludes halogenated alkanes) is 2. The Labute approximate surface area is 202 Å². The van der Waals surface area contributed by atoms with Crippen molar-refractivity contribution in [2.24, 2.45) is 5.92 Å². The standard InChI is InChI=1S/C25H30N4O2S2/c1-5-6-7-11-32-25-27-26-24-28(17-10-8-9-16(4)12-17)22(30)21-18-13-19(15(2)3)31-14-20(18)33-23(21)29(24)25/h8-10,12,15,19H,5-7,11,13-14H2,1-4H3/t19-/m1/s1. The second-order valence-electron chi connectivity index (χ2n) is 9.13. The van der Waals surface area contributed by atoms with Gasteiger partial charge in [0.25, 0.3) is 5.56 Å². The number of nitrogens with zero attached hydrogens (tertiary/aromatic N) is 4. The van der Waals surface area contributed by atoms with Gasteiger partial charge in [0, 0.05) is 17.1 Å². The lowest BCUT2D eigenvalue weighted by Gasteiger charge is -2.26. The molecule has 1 aliphatic heterocycles. The molecule has 174 valence electrons. The molecule has 1 atom stereocenters. The van der Waals surface area contributed by atoms with Crippen LogP contribution in [0.15, 0.2) is 34.2 Å². The maximum Gasteiger partial charge on any atom is 0.268 e. The molecule has 4 heterocycles. The first-order valence-electron chi connectivity index (χ1n) is 11.8. The zero-order valence-corrected chi connectivity index (χ0v) is 21.3. The van der Waals surface area contributed by atoms with E-state index in [0.717, 1.165) is 55.7 Å². The van der Waals surface area contributed by atoms with Crippen LogP contribution in [-0.4, -0.2) is 31.0 Å². The van der Waals surface area contributed by atoms with Gasteiger partial charge in [0.15, 0.2) is 5.16 Å². The van der Waals surface area contributed by atoms with Gasteiger partial charge in [-0.1, -0.05) is 57.5 Å². The predicted molar refractivity (Wildman–Crippen MR) is 136 cm³/mol. The van der Waals surface area contributed by atoms with Gasteiger partial charge in [-0.2, -0.15) is 0 Å². The second kappa shape index (κ2) is 9.24. The van der Waals surface area contributed by atoms with E-state index in [-0.39, 0.29) is 11.7 Å². The van der Waals surface area contributed by atoms with Crippen LogP contribution in [0.1, 0.15) is 56.0 Å². The number of fused-ring (bicyclic) bond motifs is 5. The Morgan fingerprint density at radius 1 is 1.27 bits per heavy atom. The topological polar surface area (TPSA) is 61.4 Å². The number of thioether (sulfide) groups is 1. The summed E-state index contributed by atoms with van der Waals surface area (Å²) in [6, 6.07) is 8.04. The lowest BCUT2D eigenvalue weighted by Crippen LogP contribution is -2.28. The third-order valence-corrected chi connectivity index (χ3v) is 8.53. The van der Waals surface area contributed by atoms with Crippen molar-refractivity contribution >= 4 is 39.1 Å². The van der Waals surface area contributed by atoms with Crippen LogP contribution in [0, 0.1) is 12.8 Å². The normalized spacial score (nSPS) is 16.2. The van der Waals surface area contributed by atoms with Crippen LogP contribution in [0.25, 0.3) is 21.7 Å². The summed E-state index contributed by atoms with van der Waals surface area (Å²) in [7, 11) is 0. The first-order chi connectivity index (χ1) is 16.0. The van der Waals surface area contributed by atoms with Gasteiger partial charge in [-0.05, 0) is 42.5 Å². The van der Waals surface area contributed by atoms with Gasteiger partial charge in [0.05, 0.1) is 23.8 Å². The molecule has 0 unspecified atom stereocenters. The predicted octanol–water partition coefficient (Wildman–Crippen LogP) is 5.78. The molecule has 1 aromatic carbocycles. The number of thiophene rings is 1. The highest BCUT2D eigenvalue weighted by atomic mass is 32.2. The number of hydrogen-bond donors (Lipinski definition) is 0. The van der Waals surface area contributed by atoms with Crippen molar-refractivity contribution < 1.29 is 4.74 Å². The number of benzene rings is 1. The Kier molecular flexibility index (Phi) is 6.33. The Balaban J connectivity index is 1.77. The lowest BCUT2D eigenvalue weighted by molar-refractivity contribution is 0.00200. The van der Waals surface area contributed by atoms with Crippen molar-refractivity contribution in [3.63, 3.8) is 0 Å². The van der Waals surface area contributed by atoms with E-state index in [0.29, 0.717) is 18.3 Å². The average molecular weight is 483 g/mol. The summed E-state index contributed by atoms with van der Waals surface area (Å²) in [6.45, 7) is 9.17. The highest BCUT2D eigenvalue weighted by Gasteiger charge is 2.30. The lowest BCUT2D eigenvalue weighted by atomic mass is 9.96. The van der Waals surface area contributed by atoms with Crippen molar-refractivity contribution in [2.45, 2.75) is 71.2 Å². The molecule has 0 radical (unpaired) electrons. The first kappa shape index (κ1) is 22.6. The molecule has 0 saturated heterocycles. The van der Waals surface area contributed by atoms with E-state index in [1.54, 1.807) is 27.7 Å². The zero-order chi connectivity index (χ0) is 23.1. The molecule has 3 aromatic heterocycles. The van der Waals surface area contributed by atoms with Crippen LogP contribution in [-0.2, 0) is 17.8 Å². The molecule has 0 aliphatic carbocycles. The van der Waals surface area contributed by atoms with Crippen LogP contribution in [0.2, 0.25) is 0 Å². The fourth-order valence-electron chi connectivity index (χ4n) is 4.48. The van der Waals surface area contributed by atoms with Crippen molar-refractivity contribution in [3.05, 3.63) is 50.6 Å². The van der Waals surface area contributed by atoms with Gasteiger partial charge < -0.3 is 4.74 Å². The highest BCUT2D eigenvalue weighted by Crippen LogP contribution is 2.37. The fraction of sp³-hybridized carbons (Fsp3) is 0.480. The summed E-state index contributed by atoms with van der Waals surface area (Å²) in [5.74, 6) is 1.97. The molecule has 0 amide bonds. The van der Waals surface area contributed by atoms with Gasteiger partial charge in [0.2, 0.25) is 5.78 Å². The van der Waals surface area contributed by atoms with E-state index in [1.807, 2.05) is 31.2 Å². The molecule has 33 heavy (non-hydrogen) atoms. The molecule has 0 fully saturated rings. The third kappa shape index (κ3) is 4.02. The van der Waals surface area contributed by atoms with Gasteiger partial charge in [-0.15, -0.1) is 21.5 Å². The van der Waals surface area contributed by atoms with E-state index in [4.69, 9.17) is 4.74 Å². The monoisotopic (exact) mass is 482 g/mol. The van der Waals surface area contributed by atoms with Gasteiger partial charge in [-0.25, -0.2) is 8.97 Å². The molecule has 4 aromatic rings. The first-order valence-corrected chi connectivity index (χ1v) is 13.6. The largest absolute Gasteiger partial charge is 0.372 e. The van der Waals surface area contributed by atoms with Gasteiger partial charge in [-0.3, -0.25) is 4.79 Å². The molecular weight excluding hydrogens is 452 g/mol. The van der Waals surface area contributed by atoms with E-state index < -0.39 is 0 Å². The summed E-state index contributed by atoms with van der Waals surface area (Å²) in [5, 5.41) is 10.7. The smallest absolute Gasteiger partial charge is 0.268 e. The van der Waals surface area contributed by atoms with Crippen LogP contribution < -0.4 is 5.56 Å². The maximum atomic E-state index is 14.0. The molecule has 0 spiro atoms. The molecule has 0 saturated carbocycles. The molecule has 0 bridgehead atoms. The number of rotatable bonds is 7. The molecular formula is C25H30N4O2S2. The zero-order valence-electron chi connectivity index (χ0n) is 19.6. The van der Waals surface area contributed by atoms with Crippen LogP contribution in [0.5, 0.6) is 0 Å². The van der Waals surface area contributed by atoms with Crippen molar-refractivity contribution in [2.75, 3.05) is 5.75 Å². The van der Waals surface area contributed by atoms with Gasteiger partial charge >= 0.3 is 0 Å². The van der Waals surface area contributed by atoms with E-state index in [1.165, 1.54) is 12.8 Å². The summed E-state index contributed by atoms with van der Waals surface area (Å²) >= 11 is 3.38. The number of ether oxygens (including phenoxy) is 1. The summed E-state index contributed by atoms with van der Waals surface area (Å²) in [5.41, 5.74) is 3.06. The summed E-state index contributed by atoms with van der Waals surface area (Å²) in [6.07, 6.45) is 4.42. The third-order valence-electron chi connectivity index (χ3n) is 6.32. The van der Waals surface area contributed by atoms with Crippen LogP contribution in [0.3, 0.4) is 0 Å². The van der Waals surface area contributed by atoms with E-state index in [2.05, 4.69) is 35.4 Å². The molecule has 8 heteroatoms. The molecule has 6 nitrogen and oxygen atoms in total. The maximum absolute atomic E-state index is 14.0. The molecule has 0 N–H and O–H groups in total. The summed E-state index contributed by atoms with van der Waals surface area (Å²) in [4.78, 5) is 16.1.